The summed E-state index contributed by atoms with van der Waals surface area (Å²) >= 11 is 0. The van der Waals surface area contributed by atoms with E-state index in [1.54, 1.807) is 12.4 Å². The Bertz CT molecular complexity index is 812. The van der Waals surface area contributed by atoms with Gasteiger partial charge in [-0.25, -0.2) is 14.6 Å². The Morgan fingerprint density at radius 3 is 2.26 bits per heavy atom. The third-order valence-corrected chi connectivity index (χ3v) is 5.28. The van der Waals surface area contributed by atoms with Gasteiger partial charge in [-0.15, -0.1) is 0 Å². The molecule has 0 spiro atoms. The van der Waals surface area contributed by atoms with E-state index in [-0.39, 0.29) is 5.66 Å². The van der Waals surface area contributed by atoms with E-state index in [0.717, 1.165) is 45.0 Å². The Hall–Kier alpha value is -2.73. The summed E-state index contributed by atoms with van der Waals surface area (Å²) in [6.07, 6.45) is 9.26. The highest BCUT2D eigenvalue weighted by atomic mass is 15.5. The summed E-state index contributed by atoms with van der Waals surface area (Å²) in [7, 11) is 0. The number of hydrogen-bond acceptors (Lipinski definition) is 5. The van der Waals surface area contributed by atoms with Gasteiger partial charge >= 0.3 is 0 Å². The van der Waals surface area contributed by atoms with Gasteiger partial charge in [-0.2, -0.15) is 5.10 Å². The maximum atomic E-state index is 4.65. The van der Waals surface area contributed by atoms with Crippen molar-refractivity contribution in [3.63, 3.8) is 0 Å². The molecular weight excluding hydrogens is 336 g/mol. The minimum absolute atomic E-state index is 0.323. The molecule has 27 heavy (non-hydrogen) atoms. The van der Waals surface area contributed by atoms with E-state index < -0.39 is 0 Å². The Morgan fingerprint density at radius 2 is 1.63 bits per heavy atom. The van der Waals surface area contributed by atoms with Crippen LogP contribution in [0.4, 0.5) is 5.95 Å². The van der Waals surface area contributed by atoms with Crippen molar-refractivity contribution in [2.24, 2.45) is 0 Å². The van der Waals surface area contributed by atoms with Crippen LogP contribution in [0.2, 0.25) is 0 Å². The van der Waals surface area contributed by atoms with Crippen molar-refractivity contribution in [2.45, 2.75) is 18.5 Å². The third-order valence-electron chi connectivity index (χ3n) is 5.28. The number of nitrogens with zero attached hydrogens (tertiary/aromatic N) is 6. The minimum Gasteiger partial charge on any atom is -0.338 e. The first-order valence-corrected chi connectivity index (χ1v) is 9.46. The van der Waals surface area contributed by atoms with Crippen molar-refractivity contribution in [3.05, 3.63) is 79.7 Å². The second-order valence-corrected chi connectivity index (χ2v) is 6.76. The Morgan fingerprint density at radius 1 is 0.889 bits per heavy atom. The predicted octanol–water partition coefficient (Wildman–Crippen LogP) is 2.81. The lowest BCUT2D eigenvalue weighted by molar-refractivity contribution is 0.0304. The van der Waals surface area contributed by atoms with Crippen molar-refractivity contribution < 1.29 is 0 Å². The predicted molar refractivity (Wildman–Crippen MR) is 106 cm³/mol. The van der Waals surface area contributed by atoms with Crippen LogP contribution in [0.15, 0.2) is 67.3 Å². The van der Waals surface area contributed by atoms with Crippen molar-refractivity contribution in [2.75, 3.05) is 31.1 Å². The molecule has 0 amide bonds. The molecule has 4 rings (SSSR count). The van der Waals surface area contributed by atoms with Crippen LogP contribution in [0.5, 0.6) is 0 Å². The van der Waals surface area contributed by atoms with E-state index in [4.69, 9.17) is 0 Å². The highest BCUT2D eigenvalue weighted by molar-refractivity contribution is 5.31. The molecule has 0 aliphatic carbocycles. The lowest BCUT2D eigenvalue weighted by atomic mass is 9.91. The number of anilines is 1. The van der Waals surface area contributed by atoms with E-state index in [1.807, 2.05) is 18.3 Å². The molecule has 1 atom stereocenters. The van der Waals surface area contributed by atoms with Gasteiger partial charge in [0.1, 0.15) is 5.66 Å². The Kier molecular flexibility index (Phi) is 5.16. The molecule has 1 aliphatic heterocycles. The SMILES string of the molecule is [CH2]CCC(c1ccccc1)(N1CCN(c2ncccn2)CC1)n1cccn1. The highest BCUT2D eigenvalue weighted by Gasteiger charge is 2.41. The molecular formula is C21H25N6. The molecule has 1 aromatic carbocycles. The van der Waals surface area contributed by atoms with Crippen molar-refractivity contribution in [1.29, 1.82) is 0 Å². The van der Waals surface area contributed by atoms with E-state index in [9.17, 15) is 0 Å². The molecule has 139 valence electrons. The monoisotopic (exact) mass is 361 g/mol. The molecule has 1 saturated heterocycles. The molecule has 1 unspecified atom stereocenters. The van der Waals surface area contributed by atoms with Gasteiger partial charge in [0.2, 0.25) is 5.95 Å². The molecule has 1 fully saturated rings. The van der Waals surface area contributed by atoms with Crippen LogP contribution < -0.4 is 4.90 Å². The first-order valence-electron chi connectivity index (χ1n) is 9.46. The number of hydrogen-bond donors (Lipinski definition) is 0. The van der Waals surface area contributed by atoms with Crippen LogP contribution in [0, 0.1) is 6.92 Å². The smallest absolute Gasteiger partial charge is 0.225 e. The molecule has 1 radical (unpaired) electrons. The zero-order chi connectivity index (χ0) is 18.5. The summed E-state index contributed by atoms with van der Waals surface area (Å²) in [5, 5.41) is 4.65. The standard InChI is InChI=1S/C21H25N6/c1-2-10-21(27-14-7-13-24-27,19-8-4-3-5-9-19)26-17-15-25(16-18-26)20-22-11-6-12-23-20/h3-9,11-14H,1-2,10,15-18H2. The van der Waals surface area contributed by atoms with Crippen LogP contribution in [-0.4, -0.2) is 50.8 Å². The first-order chi connectivity index (χ1) is 13.3. The molecule has 0 saturated carbocycles. The third kappa shape index (κ3) is 3.32. The highest BCUT2D eigenvalue weighted by Crippen LogP contribution is 2.35. The van der Waals surface area contributed by atoms with Crippen LogP contribution >= 0.6 is 0 Å². The van der Waals surface area contributed by atoms with Crippen LogP contribution in [0.1, 0.15) is 18.4 Å². The molecule has 0 N–H and O–H groups in total. The molecule has 2 aromatic heterocycles. The molecule has 6 nitrogen and oxygen atoms in total. The zero-order valence-corrected chi connectivity index (χ0v) is 15.5. The summed E-state index contributed by atoms with van der Waals surface area (Å²) in [5.74, 6) is 0.804. The van der Waals surface area contributed by atoms with Gasteiger partial charge in [-0.1, -0.05) is 37.3 Å². The molecule has 1 aliphatic rings. The average Bonchev–Trinajstić information content (AvgIpc) is 3.29. The van der Waals surface area contributed by atoms with E-state index in [2.05, 4.69) is 73.0 Å². The summed E-state index contributed by atoms with van der Waals surface area (Å²) in [6, 6.07) is 14.5. The van der Waals surface area contributed by atoms with Gasteiger partial charge in [0.15, 0.2) is 0 Å². The summed E-state index contributed by atoms with van der Waals surface area (Å²) in [6.45, 7) is 7.76. The maximum absolute atomic E-state index is 4.65. The summed E-state index contributed by atoms with van der Waals surface area (Å²) in [4.78, 5) is 13.6. The fourth-order valence-corrected chi connectivity index (χ4v) is 4.05. The average molecular weight is 361 g/mol. The quantitative estimate of drug-likeness (QED) is 0.676. The second-order valence-electron chi connectivity index (χ2n) is 6.76. The van der Waals surface area contributed by atoms with Crippen LogP contribution in [0.3, 0.4) is 0 Å². The van der Waals surface area contributed by atoms with Gasteiger partial charge in [-0.05, 0) is 30.5 Å². The van der Waals surface area contributed by atoms with Gasteiger partial charge in [-0.3, -0.25) is 4.90 Å². The molecule has 0 bridgehead atoms. The zero-order valence-electron chi connectivity index (χ0n) is 15.5. The van der Waals surface area contributed by atoms with E-state index >= 15 is 0 Å². The van der Waals surface area contributed by atoms with E-state index in [0.29, 0.717) is 0 Å². The lowest BCUT2D eigenvalue weighted by Crippen LogP contribution is -2.59. The number of benzene rings is 1. The van der Waals surface area contributed by atoms with Gasteiger partial charge in [0.25, 0.3) is 0 Å². The second kappa shape index (κ2) is 7.88. The fourth-order valence-electron chi connectivity index (χ4n) is 4.05. The molecule has 6 heteroatoms. The van der Waals surface area contributed by atoms with Crippen LogP contribution in [-0.2, 0) is 5.66 Å². The Balaban J connectivity index is 1.66. The van der Waals surface area contributed by atoms with Crippen molar-refractivity contribution in [3.8, 4) is 0 Å². The van der Waals surface area contributed by atoms with Crippen molar-refractivity contribution in [1.82, 2.24) is 24.6 Å². The number of piperazine rings is 1. The fraction of sp³-hybridized carbons (Fsp3) is 0.333. The van der Waals surface area contributed by atoms with Gasteiger partial charge < -0.3 is 4.90 Å². The van der Waals surface area contributed by atoms with Crippen LogP contribution in [0.25, 0.3) is 0 Å². The minimum atomic E-state index is -0.323. The molecule has 3 heterocycles. The maximum Gasteiger partial charge on any atom is 0.225 e. The van der Waals surface area contributed by atoms with Gasteiger partial charge in [0.05, 0.1) is 0 Å². The van der Waals surface area contributed by atoms with Gasteiger partial charge in [0, 0.05) is 51.0 Å². The largest absolute Gasteiger partial charge is 0.338 e. The number of aromatic nitrogens is 4. The normalized spacial score (nSPS) is 17.6. The first kappa shape index (κ1) is 17.7. The lowest BCUT2D eigenvalue weighted by Gasteiger charge is -2.48. The Labute approximate surface area is 160 Å². The summed E-state index contributed by atoms with van der Waals surface area (Å²) in [5.41, 5.74) is 0.928. The summed E-state index contributed by atoms with van der Waals surface area (Å²) < 4.78 is 2.10. The van der Waals surface area contributed by atoms with Crippen molar-refractivity contribution >= 4 is 5.95 Å². The molecule has 3 aromatic rings. The number of rotatable bonds is 6. The van der Waals surface area contributed by atoms with E-state index in [1.165, 1.54) is 5.56 Å². The topological polar surface area (TPSA) is 50.1 Å².